The number of aryl methyl sites for hydroxylation is 1. The second kappa shape index (κ2) is 10.0. The third-order valence-corrected chi connectivity index (χ3v) is 5.10. The van der Waals surface area contributed by atoms with Crippen molar-refractivity contribution in [1.29, 1.82) is 0 Å². The smallest absolute Gasteiger partial charge is 0.262 e. The van der Waals surface area contributed by atoms with E-state index < -0.39 is 0 Å². The number of rotatable bonds is 8. The molecule has 4 rings (SSSR count). The van der Waals surface area contributed by atoms with Crippen LogP contribution in [0.1, 0.15) is 19.1 Å². The zero-order chi connectivity index (χ0) is 23.2. The quantitative estimate of drug-likeness (QED) is 0.385. The first-order valence-corrected chi connectivity index (χ1v) is 10.8. The summed E-state index contributed by atoms with van der Waals surface area (Å²) in [6, 6.07) is 21.6. The first-order chi connectivity index (χ1) is 16.1. The second-order valence-electron chi connectivity index (χ2n) is 7.57. The molecule has 0 aliphatic carbocycles. The Hall–Kier alpha value is -4.06. The maximum atomic E-state index is 13.1. The number of anilines is 1. The van der Waals surface area contributed by atoms with Crippen LogP contribution in [0.15, 0.2) is 82.0 Å². The SMILES string of the molecule is CCCOc1ccccc1NC(=O)COc1ccc2c(=O)c(-c3ccccc3)c(C)oc2c1. The highest BCUT2D eigenvalue weighted by molar-refractivity contribution is 5.93. The van der Waals surface area contributed by atoms with Crippen LogP contribution in [0.4, 0.5) is 5.69 Å². The largest absolute Gasteiger partial charge is 0.491 e. The summed E-state index contributed by atoms with van der Waals surface area (Å²) in [5.41, 5.74) is 2.25. The van der Waals surface area contributed by atoms with Crippen molar-refractivity contribution >= 4 is 22.6 Å². The van der Waals surface area contributed by atoms with Gasteiger partial charge in [0.05, 0.1) is 23.2 Å². The molecule has 0 fully saturated rings. The van der Waals surface area contributed by atoms with Crippen molar-refractivity contribution in [2.75, 3.05) is 18.5 Å². The van der Waals surface area contributed by atoms with Gasteiger partial charge in [-0.2, -0.15) is 0 Å². The summed E-state index contributed by atoms with van der Waals surface area (Å²) in [7, 11) is 0. The van der Waals surface area contributed by atoms with Gasteiger partial charge in [-0.15, -0.1) is 0 Å². The molecular formula is C27H25NO5. The van der Waals surface area contributed by atoms with Crippen molar-refractivity contribution < 1.29 is 18.7 Å². The molecule has 0 saturated carbocycles. The van der Waals surface area contributed by atoms with Gasteiger partial charge in [-0.05, 0) is 43.2 Å². The van der Waals surface area contributed by atoms with Gasteiger partial charge in [-0.1, -0.05) is 49.4 Å². The fourth-order valence-corrected chi connectivity index (χ4v) is 3.56. The third-order valence-electron chi connectivity index (χ3n) is 5.10. The lowest BCUT2D eigenvalue weighted by Gasteiger charge is -2.12. The number of hydrogen-bond acceptors (Lipinski definition) is 5. The molecule has 0 saturated heterocycles. The number of amides is 1. The molecule has 0 aliphatic rings. The summed E-state index contributed by atoms with van der Waals surface area (Å²) in [5, 5.41) is 3.27. The zero-order valence-corrected chi connectivity index (χ0v) is 18.6. The molecule has 0 radical (unpaired) electrons. The number of carbonyl (C=O) groups is 1. The molecule has 0 atom stereocenters. The van der Waals surface area contributed by atoms with Gasteiger partial charge in [-0.25, -0.2) is 0 Å². The molecule has 1 heterocycles. The van der Waals surface area contributed by atoms with Crippen LogP contribution in [0.2, 0.25) is 0 Å². The van der Waals surface area contributed by atoms with E-state index in [0.717, 1.165) is 12.0 Å². The van der Waals surface area contributed by atoms with Gasteiger partial charge >= 0.3 is 0 Å². The minimum atomic E-state index is -0.320. The molecule has 0 spiro atoms. The normalized spacial score (nSPS) is 10.7. The van der Waals surface area contributed by atoms with Crippen molar-refractivity contribution in [3.63, 3.8) is 0 Å². The monoisotopic (exact) mass is 443 g/mol. The van der Waals surface area contributed by atoms with Gasteiger partial charge < -0.3 is 19.2 Å². The summed E-state index contributed by atoms with van der Waals surface area (Å²) in [4.78, 5) is 25.5. The van der Waals surface area contributed by atoms with Crippen LogP contribution in [0.25, 0.3) is 22.1 Å². The van der Waals surface area contributed by atoms with E-state index in [-0.39, 0.29) is 17.9 Å². The van der Waals surface area contributed by atoms with E-state index in [1.54, 1.807) is 31.2 Å². The fraction of sp³-hybridized carbons (Fsp3) is 0.185. The highest BCUT2D eigenvalue weighted by atomic mass is 16.5. The van der Waals surface area contributed by atoms with Gasteiger partial charge in [0.25, 0.3) is 5.91 Å². The lowest BCUT2D eigenvalue weighted by atomic mass is 10.0. The predicted molar refractivity (Wildman–Crippen MR) is 129 cm³/mol. The van der Waals surface area contributed by atoms with Crippen molar-refractivity contribution in [3.05, 3.63) is 88.8 Å². The standard InChI is InChI=1S/C27H25NO5/c1-3-15-31-23-12-8-7-11-22(23)28-25(29)17-32-20-13-14-21-24(16-20)33-18(2)26(27(21)30)19-9-5-4-6-10-19/h4-14,16H,3,15,17H2,1-2H3,(H,28,29). The fourth-order valence-electron chi connectivity index (χ4n) is 3.56. The van der Waals surface area contributed by atoms with Crippen LogP contribution in [-0.2, 0) is 4.79 Å². The molecular weight excluding hydrogens is 418 g/mol. The lowest BCUT2D eigenvalue weighted by Crippen LogP contribution is -2.20. The molecule has 6 heteroatoms. The molecule has 1 amide bonds. The molecule has 0 bridgehead atoms. The van der Waals surface area contributed by atoms with Crippen LogP contribution >= 0.6 is 0 Å². The molecule has 1 aromatic heterocycles. The van der Waals surface area contributed by atoms with Gasteiger partial charge in [0.1, 0.15) is 22.8 Å². The summed E-state index contributed by atoms with van der Waals surface area (Å²) in [6.45, 7) is 4.16. The Bertz CT molecular complexity index is 1330. The molecule has 0 aliphatic heterocycles. The predicted octanol–water partition coefficient (Wildman–Crippen LogP) is 5.57. The lowest BCUT2D eigenvalue weighted by molar-refractivity contribution is -0.118. The average Bonchev–Trinajstić information content (AvgIpc) is 2.82. The molecule has 33 heavy (non-hydrogen) atoms. The molecule has 0 unspecified atom stereocenters. The second-order valence-corrected chi connectivity index (χ2v) is 7.57. The molecule has 3 aromatic carbocycles. The van der Waals surface area contributed by atoms with Crippen LogP contribution in [0, 0.1) is 6.92 Å². The third kappa shape index (κ3) is 5.06. The number of carbonyl (C=O) groups excluding carboxylic acids is 1. The van der Waals surface area contributed by atoms with Gasteiger partial charge in [0.15, 0.2) is 6.61 Å². The Balaban J connectivity index is 1.49. The van der Waals surface area contributed by atoms with Crippen molar-refractivity contribution in [3.8, 4) is 22.6 Å². The van der Waals surface area contributed by atoms with Crippen LogP contribution in [-0.4, -0.2) is 19.1 Å². The Morgan fingerprint density at radius 3 is 2.52 bits per heavy atom. The zero-order valence-electron chi connectivity index (χ0n) is 18.6. The summed E-state index contributed by atoms with van der Waals surface area (Å²) in [6.07, 6.45) is 0.871. The Morgan fingerprint density at radius 1 is 0.970 bits per heavy atom. The molecule has 6 nitrogen and oxygen atoms in total. The molecule has 168 valence electrons. The van der Waals surface area contributed by atoms with Crippen molar-refractivity contribution in [2.45, 2.75) is 20.3 Å². The maximum absolute atomic E-state index is 13.1. The van der Waals surface area contributed by atoms with Crippen molar-refractivity contribution in [2.24, 2.45) is 0 Å². The van der Waals surface area contributed by atoms with Crippen molar-refractivity contribution in [1.82, 2.24) is 0 Å². The minimum Gasteiger partial charge on any atom is -0.491 e. The topological polar surface area (TPSA) is 77.8 Å². The Labute approximate surface area is 191 Å². The van der Waals surface area contributed by atoms with Gasteiger partial charge in [0, 0.05) is 6.07 Å². The van der Waals surface area contributed by atoms with E-state index >= 15 is 0 Å². The number of hydrogen-bond donors (Lipinski definition) is 1. The van der Waals surface area contributed by atoms with E-state index in [9.17, 15) is 9.59 Å². The molecule has 4 aromatic rings. The minimum absolute atomic E-state index is 0.104. The molecule has 1 N–H and O–H groups in total. The van der Waals surface area contributed by atoms with Gasteiger partial charge in [0.2, 0.25) is 5.43 Å². The van der Waals surface area contributed by atoms with E-state index in [2.05, 4.69) is 5.32 Å². The first kappa shape index (κ1) is 22.1. The maximum Gasteiger partial charge on any atom is 0.262 e. The number of nitrogens with one attached hydrogen (secondary N) is 1. The first-order valence-electron chi connectivity index (χ1n) is 10.8. The Kier molecular flexibility index (Phi) is 6.74. The van der Waals surface area contributed by atoms with Crippen LogP contribution < -0.4 is 20.2 Å². The highest BCUT2D eigenvalue weighted by Gasteiger charge is 2.14. The summed E-state index contributed by atoms with van der Waals surface area (Å²) < 4.78 is 17.2. The number of benzene rings is 3. The number of para-hydroxylation sites is 2. The summed E-state index contributed by atoms with van der Waals surface area (Å²) >= 11 is 0. The number of ether oxygens (including phenoxy) is 2. The van der Waals surface area contributed by atoms with Crippen LogP contribution in [0.3, 0.4) is 0 Å². The van der Waals surface area contributed by atoms with E-state index in [4.69, 9.17) is 13.9 Å². The Morgan fingerprint density at radius 2 is 1.73 bits per heavy atom. The van der Waals surface area contributed by atoms with E-state index in [0.29, 0.717) is 46.1 Å². The van der Waals surface area contributed by atoms with Gasteiger partial charge in [-0.3, -0.25) is 9.59 Å². The number of fused-ring (bicyclic) bond motifs is 1. The van der Waals surface area contributed by atoms with E-state index in [1.165, 1.54) is 0 Å². The summed E-state index contributed by atoms with van der Waals surface area (Å²) in [5.74, 6) is 1.25. The highest BCUT2D eigenvalue weighted by Crippen LogP contribution is 2.27. The average molecular weight is 443 g/mol. The van der Waals surface area contributed by atoms with Crippen LogP contribution in [0.5, 0.6) is 11.5 Å². The van der Waals surface area contributed by atoms with E-state index in [1.807, 2.05) is 55.5 Å².